The number of piperazine rings is 1. The number of hydrogen-bond acceptors (Lipinski definition) is 7. The van der Waals surface area contributed by atoms with Crippen molar-refractivity contribution >= 4 is 39.2 Å². The fraction of sp³-hybridized carbons (Fsp3) is 0.269. The smallest absolute Gasteiger partial charge is 0.478 e. The summed E-state index contributed by atoms with van der Waals surface area (Å²) in [5.41, 5.74) is 1.95. The Kier molecular flexibility index (Phi) is 9.58. The molecular weight excluding hydrogens is 553 g/mol. The molecule has 214 valence electrons. The van der Waals surface area contributed by atoms with Gasteiger partial charge in [0.05, 0.1) is 21.8 Å². The van der Waals surface area contributed by atoms with E-state index in [1.165, 1.54) is 12.1 Å². The summed E-state index contributed by atoms with van der Waals surface area (Å²) in [5, 5.41) is 16.6. The van der Waals surface area contributed by atoms with Crippen LogP contribution in [0.5, 0.6) is 0 Å². The summed E-state index contributed by atoms with van der Waals surface area (Å²) >= 11 is 0. The molecule has 0 atom stereocenters. The summed E-state index contributed by atoms with van der Waals surface area (Å²) in [5.74, 6) is -2.98. The molecular formula is C26H27F3N4O6S. The lowest BCUT2D eigenvalue weighted by atomic mass is 10.1. The average molecular weight is 581 g/mol. The molecule has 2 heterocycles. The van der Waals surface area contributed by atoms with Crippen LogP contribution in [0.15, 0.2) is 71.8 Å². The van der Waals surface area contributed by atoms with Crippen LogP contribution in [-0.2, 0) is 21.2 Å². The van der Waals surface area contributed by atoms with Gasteiger partial charge in [-0.25, -0.2) is 23.0 Å². The number of sulfonamides is 1. The first-order chi connectivity index (χ1) is 18.8. The number of alkyl halides is 3. The molecule has 3 N–H and O–H groups in total. The van der Waals surface area contributed by atoms with Gasteiger partial charge in [0, 0.05) is 32.4 Å². The molecule has 0 aliphatic carbocycles. The third-order valence-corrected chi connectivity index (χ3v) is 7.35. The van der Waals surface area contributed by atoms with Crippen LogP contribution in [0.4, 0.5) is 30.4 Å². The van der Waals surface area contributed by atoms with Crippen molar-refractivity contribution < 1.29 is 41.4 Å². The van der Waals surface area contributed by atoms with Crippen LogP contribution in [0.2, 0.25) is 0 Å². The van der Waals surface area contributed by atoms with E-state index in [1.54, 1.807) is 36.5 Å². The van der Waals surface area contributed by atoms with E-state index in [2.05, 4.69) is 19.5 Å². The summed E-state index contributed by atoms with van der Waals surface area (Å²) in [6, 6.07) is 17.0. The maximum atomic E-state index is 13.1. The Morgan fingerprint density at radius 2 is 1.55 bits per heavy atom. The highest BCUT2D eigenvalue weighted by Gasteiger charge is 2.38. The zero-order valence-corrected chi connectivity index (χ0v) is 22.1. The van der Waals surface area contributed by atoms with E-state index in [0.29, 0.717) is 31.9 Å². The van der Waals surface area contributed by atoms with Gasteiger partial charge in [-0.3, -0.25) is 4.72 Å². The van der Waals surface area contributed by atoms with E-state index >= 15 is 0 Å². The van der Waals surface area contributed by atoms with Gasteiger partial charge in [0.2, 0.25) is 0 Å². The molecule has 1 aromatic heterocycles. The van der Waals surface area contributed by atoms with Crippen molar-refractivity contribution in [1.29, 1.82) is 0 Å². The quantitative estimate of drug-likeness (QED) is 0.377. The lowest BCUT2D eigenvalue weighted by Crippen LogP contribution is -2.47. The minimum atomic E-state index is -5.08. The first-order valence-corrected chi connectivity index (χ1v) is 13.5. The number of aliphatic carboxylic acids is 1. The van der Waals surface area contributed by atoms with E-state index < -0.39 is 28.1 Å². The molecule has 0 bridgehead atoms. The second kappa shape index (κ2) is 12.7. The number of hydrogen-bond donors (Lipinski definition) is 3. The van der Waals surface area contributed by atoms with Gasteiger partial charge in [0.25, 0.3) is 10.0 Å². The molecule has 0 unspecified atom stereocenters. The SMILES string of the molecule is CCc1ccc(S(=O)(=O)Nc2cc(C(=O)O)ccc2N2CCN(c3ccccn3)CC2)cc1.O=C(O)C(F)(F)F. The number of rotatable bonds is 7. The van der Waals surface area contributed by atoms with E-state index in [1.807, 2.05) is 25.1 Å². The van der Waals surface area contributed by atoms with E-state index in [9.17, 15) is 31.5 Å². The van der Waals surface area contributed by atoms with Gasteiger partial charge >= 0.3 is 18.1 Å². The molecule has 14 heteroatoms. The second-order valence-electron chi connectivity index (χ2n) is 8.61. The lowest BCUT2D eigenvalue weighted by Gasteiger charge is -2.37. The molecule has 0 saturated carbocycles. The molecule has 3 aromatic rings. The lowest BCUT2D eigenvalue weighted by molar-refractivity contribution is -0.192. The first-order valence-electron chi connectivity index (χ1n) is 12.0. The standard InChI is InChI=1S/C24H26N4O4S.C2HF3O2/c1-2-18-6-9-20(10-7-18)33(31,32)26-21-17-19(24(29)30)8-11-22(21)27-13-15-28(16-14-27)23-5-3-4-12-25-23;3-2(4,5)1(6)7/h3-12,17,26H,2,13-16H2,1H3,(H,29,30);(H,6,7). The maximum absolute atomic E-state index is 13.1. The Morgan fingerprint density at radius 3 is 2.05 bits per heavy atom. The molecule has 2 aromatic carbocycles. The van der Waals surface area contributed by atoms with Crippen molar-refractivity contribution in [2.24, 2.45) is 0 Å². The van der Waals surface area contributed by atoms with Crippen molar-refractivity contribution in [3.8, 4) is 0 Å². The molecule has 1 aliphatic heterocycles. The fourth-order valence-corrected chi connectivity index (χ4v) is 4.92. The van der Waals surface area contributed by atoms with Crippen LogP contribution in [-0.4, -0.2) is 67.9 Å². The predicted octanol–water partition coefficient (Wildman–Crippen LogP) is 4.10. The van der Waals surface area contributed by atoms with Gasteiger partial charge in [-0.15, -0.1) is 0 Å². The Bertz CT molecular complexity index is 1430. The summed E-state index contributed by atoms with van der Waals surface area (Å²) in [4.78, 5) is 29.2. The molecule has 1 saturated heterocycles. The van der Waals surface area contributed by atoms with Crippen LogP contribution in [0.25, 0.3) is 0 Å². The van der Waals surface area contributed by atoms with E-state index in [0.717, 1.165) is 17.8 Å². The number of carboxylic acids is 2. The molecule has 0 radical (unpaired) electrons. The monoisotopic (exact) mass is 580 g/mol. The highest BCUT2D eigenvalue weighted by molar-refractivity contribution is 7.92. The summed E-state index contributed by atoms with van der Waals surface area (Å²) < 4.78 is 60.5. The van der Waals surface area contributed by atoms with Crippen LogP contribution >= 0.6 is 0 Å². The van der Waals surface area contributed by atoms with Gasteiger partial charge in [0.1, 0.15) is 5.82 Å². The Balaban J connectivity index is 0.000000559. The van der Waals surface area contributed by atoms with Crippen molar-refractivity contribution in [2.75, 3.05) is 40.7 Å². The number of carboxylic acid groups (broad SMARTS) is 2. The number of benzene rings is 2. The molecule has 40 heavy (non-hydrogen) atoms. The second-order valence-corrected chi connectivity index (χ2v) is 10.3. The number of halogens is 3. The number of pyridine rings is 1. The van der Waals surface area contributed by atoms with Crippen LogP contribution < -0.4 is 14.5 Å². The average Bonchev–Trinajstić information content (AvgIpc) is 2.93. The van der Waals surface area contributed by atoms with Gasteiger partial charge in [-0.05, 0) is 54.4 Å². The summed E-state index contributed by atoms with van der Waals surface area (Å²) in [6.07, 6.45) is -2.52. The minimum absolute atomic E-state index is 0.0184. The molecule has 1 fully saturated rings. The minimum Gasteiger partial charge on any atom is -0.478 e. The largest absolute Gasteiger partial charge is 0.490 e. The third kappa shape index (κ3) is 7.85. The van der Waals surface area contributed by atoms with Crippen molar-refractivity contribution in [1.82, 2.24) is 4.98 Å². The third-order valence-electron chi connectivity index (χ3n) is 5.97. The number of anilines is 3. The van der Waals surface area contributed by atoms with Crippen molar-refractivity contribution in [3.05, 3.63) is 78.0 Å². The van der Waals surface area contributed by atoms with E-state index in [4.69, 9.17) is 9.90 Å². The number of aromatic carboxylic acids is 1. The number of carbonyl (C=O) groups is 2. The van der Waals surface area contributed by atoms with Gasteiger partial charge in [-0.2, -0.15) is 13.2 Å². The maximum Gasteiger partial charge on any atom is 0.490 e. The van der Waals surface area contributed by atoms with Gasteiger partial charge in [0.15, 0.2) is 0 Å². The van der Waals surface area contributed by atoms with Gasteiger partial charge < -0.3 is 20.0 Å². The first kappa shape index (κ1) is 30.2. The zero-order valence-electron chi connectivity index (χ0n) is 21.3. The van der Waals surface area contributed by atoms with Crippen molar-refractivity contribution in [2.45, 2.75) is 24.4 Å². The molecule has 1 aliphatic rings. The number of aromatic nitrogens is 1. The summed E-state index contributed by atoms with van der Waals surface area (Å²) in [6.45, 7) is 4.70. The topological polar surface area (TPSA) is 140 Å². The van der Waals surface area contributed by atoms with Crippen molar-refractivity contribution in [3.63, 3.8) is 0 Å². The number of nitrogens with zero attached hydrogens (tertiary/aromatic N) is 3. The number of aryl methyl sites for hydroxylation is 1. The zero-order chi connectivity index (χ0) is 29.5. The molecule has 0 amide bonds. The Labute approximate surface area is 228 Å². The Morgan fingerprint density at radius 1 is 0.950 bits per heavy atom. The number of nitrogens with one attached hydrogen (secondary N) is 1. The summed E-state index contributed by atoms with van der Waals surface area (Å²) in [7, 11) is -3.89. The molecule has 4 rings (SSSR count). The van der Waals surface area contributed by atoms with Crippen LogP contribution in [0.1, 0.15) is 22.8 Å². The van der Waals surface area contributed by atoms with Gasteiger partial charge in [-0.1, -0.05) is 25.1 Å². The van der Waals surface area contributed by atoms with Crippen LogP contribution in [0, 0.1) is 0 Å². The van der Waals surface area contributed by atoms with Crippen LogP contribution in [0.3, 0.4) is 0 Å². The normalized spacial score (nSPS) is 13.7. The highest BCUT2D eigenvalue weighted by Crippen LogP contribution is 2.31. The van der Waals surface area contributed by atoms with E-state index in [-0.39, 0.29) is 16.1 Å². The predicted molar refractivity (Wildman–Crippen MR) is 142 cm³/mol. The Hall–Kier alpha value is -4.33. The fourth-order valence-electron chi connectivity index (χ4n) is 3.85. The molecule has 0 spiro atoms. The molecule has 10 nitrogen and oxygen atoms in total. The highest BCUT2D eigenvalue weighted by atomic mass is 32.2.